The van der Waals surface area contributed by atoms with Gasteiger partial charge in [0.25, 0.3) is 0 Å². The number of aromatic nitrogens is 2. The molecular weight excluding hydrogens is 266 g/mol. The van der Waals surface area contributed by atoms with E-state index in [4.69, 9.17) is 0 Å². The summed E-state index contributed by atoms with van der Waals surface area (Å²) < 4.78 is 0. The number of piperidine rings is 1. The van der Waals surface area contributed by atoms with Crippen molar-refractivity contribution in [2.75, 3.05) is 36.9 Å². The smallest absolute Gasteiger partial charge is 0.222 e. The second-order valence-corrected chi connectivity index (χ2v) is 5.29. The second kappa shape index (κ2) is 7.24. The SMILES string of the molecule is CCNc1cc(N2CCC(C(=O)NC)CC2)nc(CC)n1. The molecule has 0 bridgehead atoms. The third kappa shape index (κ3) is 3.83. The zero-order valence-corrected chi connectivity index (χ0v) is 13.1. The molecule has 21 heavy (non-hydrogen) atoms. The van der Waals surface area contributed by atoms with Gasteiger partial charge in [0.15, 0.2) is 0 Å². The number of amides is 1. The quantitative estimate of drug-likeness (QED) is 0.859. The summed E-state index contributed by atoms with van der Waals surface area (Å²) in [4.78, 5) is 23.0. The highest BCUT2D eigenvalue weighted by atomic mass is 16.1. The summed E-state index contributed by atoms with van der Waals surface area (Å²) in [5.74, 6) is 2.99. The number of hydrogen-bond donors (Lipinski definition) is 2. The predicted octanol–water partition coefficient (Wildman–Crippen LogP) is 1.43. The molecule has 0 radical (unpaired) electrons. The fourth-order valence-electron chi connectivity index (χ4n) is 2.65. The van der Waals surface area contributed by atoms with E-state index in [2.05, 4.69) is 39.3 Å². The van der Waals surface area contributed by atoms with Gasteiger partial charge in [-0.25, -0.2) is 9.97 Å². The maximum Gasteiger partial charge on any atom is 0.222 e. The van der Waals surface area contributed by atoms with Crippen LogP contribution < -0.4 is 15.5 Å². The zero-order chi connectivity index (χ0) is 15.2. The van der Waals surface area contributed by atoms with Crippen molar-refractivity contribution in [2.24, 2.45) is 5.92 Å². The minimum Gasteiger partial charge on any atom is -0.370 e. The fourth-order valence-corrected chi connectivity index (χ4v) is 2.65. The van der Waals surface area contributed by atoms with Gasteiger partial charge in [-0.2, -0.15) is 0 Å². The van der Waals surface area contributed by atoms with Crippen LogP contribution in [0.4, 0.5) is 11.6 Å². The summed E-state index contributed by atoms with van der Waals surface area (Å²) in [5.41, 5.74) is 0. The monoisotopic (exact) mass is 291 g/mol. The Labute approximate surface area is 126 Å². The van der Waals surface area contributed by atoms with Crippen molar-refractivity contribution < 1.29 is 4.79 Å². The summed E-state index contributed by atoms with van der Waals surface area (Å²) in [5, 5.41) is 6.00. The lowest BCUT2D eigenvalue weighted by Gasteiger charge is -2.32. The van der Waals surface area contributed by atoms with Crippen LogP contribution in [0.5, 0.6) is 0 Å². The van der Waals surface area contributed by atoms with E-state index >= 15 is 0 Å². The molecule has 0 aliphatic carbocycles. The summed E-state index contributed by atoms with van der Waals surface area (Å²) in [6.45, 7) is 6.70. The van der Waals surface area contributed by atoms with Crippen LogP contribution in [0.15, 0.2) is 6.07 Å². The Morgan fingerprint density at radius 3 is 2.62 bits per heavy atom. The van der Waals surface area contributed by atoms with Gasteiger partial charge in [-0.15, -0.1) is 0 Å². The summed E-state index contributed by atoms with van der Waals surface area (Å²) in [6, 6.07) is 2.00. The number of rotatable bonds is 5. The number of nitrogens with zero attached hydrogens (tertiary/aromatic N) is 3. The van der Waals surface area contributed by atoms with Gasteiger partial charge in [0, 0.05) is 45.1 Å². The minimum atomic E-state index is 0.131. The zero-order valence-electron chi connectivity index (χ0n) is 13.1. The van der Waals surface area contributed by atoms with Crippen LogP contribution in [0.3, 0.4) is 0 Å². The predicted molar refractivity (Wildman–Crippen MR) is 84.6 cm³/mol. The lowest BCUT2D eigenvalue weighted by Crippen LogP contribution is -2.40. The first kappa shape index (κ1) is 15.5. The Bertz CT molecular complexity index is 483. The van der Waals surface area contributed by atoms with Crippen molar-refractivity contribution in [1.82, 2.24) is 15.3 Å². The molecule has 0 spiro atoms. The molecule has 1 fully saturated rings. The highest BCUT2D eigenvalue weighted by Crippen LogP contribution is 2.23. The van der Waals surface area contributed by atoms with E-state index in [-0.39, 0.29) is 11.8 Å². The van der Waals surface area contributed by atoms with Gasteiger partial charge in [0.05, 0.1) is 0 Å². The molecule has 2 heterocycles. The lowest BCUT2D eigenvalue weighted by molar-refractivity contribution is -0.125. The van der Waals surface area contributed by atoms with Crippen LogP contribution in [-0.4, -0.2) is 42.6 Å². The number of carbonyl (C=O) groups excluding carboxylic acids is 1. The number of nitrogens with one attached hydrogen (secondary N) is 2. The summed E-state index contributed by atoms with van der Waals surface area (Å²) in [7, 11) is 1.70. The van der Waals surface area contributed by atoms with Gasteiger partial charge in [-0.3, -0.25) is 4.79 Å². The van der Waals surface area contributed by atoms with E-state index in [1.54, 1.807) is 7.05 Å². The molecule has 2 N–H and O–H groups in total. The Kier molecular flexibility index (Phi) is 5.36. The van der Waals surface area contributed by atoms with E-state index in [0.717, 1.165) is 56.4 Å². The molecule has 0 atom stereocenters. The van der Waals surface area contributed by atoms with Crippen molar-refractivity contribution in [3.05, 3.63) is 11.9 Å². The lowest BCUT2D eigenvalue weighted by atomic mass is 9.96. The van der Waals surface area contributed by atoms with E-state index in [0.29, 0.717) is 0 Å². The first-order chi connectivity index (χ1) is 10.2. The molecule has 6 heteroatoms. The molecule has 1 aromatic heterocycles. The van der Waals surface area contributed by atoms with E-state index in [1.165, 1.54) is 0 Å². The molecule has 2 rings (SSSR count). The van der Waals surface area contributed by atoms with Gasteiger partial charge in [-0.05, 0) is 19.8 Å². The van der Waals surface area contributed by atoms with E-state index < -0.39 is 0 Å². The summed E-state index contributed by atoms with van der Waals surface area (Å²) >= 11 is 0. The molecule has 0 saturated carbocycles. The van der Waals surface area contributed by atoms with Crippen LogP contribution >= 0.6 is 0 Å². The van der Waals surface area contributed by atoms with Crippen LogP contribution in [0.25, 0.3) is 0 Å². The number of aryl methyl sites for hydroxylation is 1. The maximum absolute atomic E-state index is 11.7. The van der Waals surface area contributed by atoms with Crippen molar-refractivity contribution in [2.45, 2.75) is 33.1 Å². The third-order valence-electron chi connectivity index (χ3n) is 3.87. The Balaban J connectivity index is 2.08. The van der Waals surface area contributed by atoms with Crippen molar-refractivity contribution >= 4 is 17.5 Å². The van der Waals surface area contributed by atoms with Crippen LogP contribution in [0.1, 0.15) is 32.5 Å². The average molecular weight is 291 g/mol. The van der Waals surface area contributed by atoms with E-state index in [9.17, 15) is 4.79 Å². The molecule has 116 valence electrons. The molecule has 1 aliphatic rings. The standard InChI is InChI=1S/C15H25N5O/c1-4-12-18-13(17-5-2)10-14(19-12)20-8-6-11(7-9-20)15(21)16-3/h10-11H,4-9H2,1-3H3,(H,16,21)(H,17,18,19). The number of carbonyl (C=O) groups is 1. The molecule has 0 aromatic carbocycles. The van der Waals surface area contributed by atoms with Crippen LogP contribution in [-0.2, 0) is 11.2 Å². The van der Waals surface area contributed by atoms with E-state index in [1.807, 2.05) is 6.07 Å². The molecule has 1 saturated heterocycles. The van der Waals surface area contributed by atoms with Crippen molar-refractivity contribution in [3.8, 4) is 0 Å². The Morgan fingerprint density at radius 2 is 2.05 bits per heavy atom. The van der Waals surface area contributed by atoms with Gasteiger partial charge < -0.3 is 15.5 Å². The van der Waals surface area contributed by atoms with Gasteiger partial charge >= 0.3 is 0 Å². The highest BCUT2D eigenvalue weighted by Gasteiger charge is 2.25. The number of hydrogen-bond acceptors (Lipinski definition) is 5. The molecule has 1 aliphatic heterocycles. The fraction of sp³-hybridized carbons (Fsp3) is 0.667. The molecule has 1 amide bonds. The molecule has 6 nitrogen and oxygen atoms in total. The number of anilines is 2. The first-order valence-corrected chi connectivity index (χ1v) is 7.76. The topological polar surface area (TPSA) is 70.2 Å². The average Bonchev–Trinajstić information content (AvgIpc) is 2.54. The third-order valence-corrected chi connectivity index (χ3v) is 3.87. The van der Waals surface area contributed by atoms with Gasteiger partial charge in [-0.1, -0.05) is 6.92 Å². The normalized spacial score (nSPS) is 15.9. The minimum absolute atomic E-state index is 0.131. The molecule has 0 unspecified atom stereocenters. The Morgan fingerprint density at radius 1 is 1.33 bits per heavy atom. The van der Waals surface area contributed by atoms with Crippen molar-refractivity contribution in [1.29, 1.82) is 0 Å². The Hall–Kier alpha value is -1.85. The first-order valence-electron chi connectivity index (χ1n) is 7.76. The van der Waals surface area contributed by atoms with Crippen LogP contribution in [0.2, 0.25) is 0 Å². The highest BCUT2D eigenvalue weighted by molar-refractivity contribution is 5.78. The van der Waals surface area contributed by atoms with Crippen LogP contribution in [0, 0.1) is 5.92 Å². The molecular formula is C15H25N5O. The summed E-state index contributed by atoms with van der Waals surface area (Å²) in [6.07, 6.45) is 2.57. The maximum atomic E-state index is 11.7. The van der Waals surface area contributed by atoms with Gasteiger partial charge in [0.1, 0.15) is 17.5 Å². The van der Waals surface area contributed by atoms with Gasteiger partial charge in [0.2, 0.25) is 5.91 Å². The molecule has 1 aromatic rings. The van der Waals surface area contributed by atoms with Crippen molar-refractivity contribution in [3.63, 3.8) is 0 Å². The largest absolute Gasteiger partial charge is 0.370 e. The second-order valence-electron chi connectivity index (χ2n) is 5.29.